The molecule has 1 rings (SSSR count). The van der Waals surface area contributed by atoms with E-state index < -0.39 is 26.3 Å². The van der Waals surface area contributed by atoms with Crippen molar-refractivity contribution in [3.05, 3.63) is 12.2 Å². The maximum atomic E-state index is 11.4. The van der Waals surface area contributed by atoms with Crippen LogP contribution in [0, 0.1) is 0 Å². The van der Waals surface area contributed by atoms with Gasteiger partial charge in [-0.15, -0.1) is 0 Å². The molecule has 0 aromatic heterocycles. The molecule has 1 heterocycles. The van der Waals surface area contributed by atoms with E-state index in [2.05, 4.69) is 17.5 Å². The second-order valence-corrected chi connectivity index (χ2v) is 7.97. The molecule has 0 bridgehead atoms. The molecule has 98 valence electrons. The van der Waals surface area contributed by atoms with Crippen molar-refractivity contribution in [2.45, 2.75) is 23.9 Å². The van der Waals surface area contributed by atoms with E-state index in [9.17, 15) is 28.7 Å². The Balaban J connectivity index is 3.23. The summed E-state index contributed by atoms with van der Waals surface area (Å²) in [6.07, 6.45) is 2.88. The van der Waals surface area contributed by atoms with E-state index in [1.807, 2.05) is 0 Å². The lowest BCUT2D eigenvalue weighted by Gasteiger charge is -2.38. The van der Waals surface area contributed by atoms with E-state index in [1.54, 1.807) is 0 Å². The second-order valence-electron chi connectivity index (χ2n) is 3.70. The number of nitrogens with one attached hydrogen (secondary N) is 1. The van der Waals surface area contributed by atoms with Gasteiger partial charge in [0, 0.05) is 6.04 Å². The van der Waals surface area contributed by atoms with Crippen LogP contribution in [0.3, 0.4) is 0 Å². The summed E-state index contributed by atoms with van der Waals surface area (Å²) >= 11 is 4.62. The summed E-state index contributed by atoms with van der Waals surface area (Å²) in [6, 6.07) is -0.502. The maximum absolute atomic E-state index is 11.4. The summed E-state index contributed by atoms with van der Waals surface area (Å²) in [7, 11) is -10.1. The SMILES string of the molecule is O=P(O)(O)C1(P(=O)(O)O)C=CCC(CC=S)N1. The quantitative estimate of drug-likeness (QED) is 0.285. The normalized spacial score (nSPS) is 24.6. The molecular formula is C7H13NO6P2S. The fraction of sp³-hybridized carbons (Fsp3) is 0.571. The highest BCUT2D eigenvalue weighted by Gasteiger charge is 2.60. The van der Waals surface area contributed by atoms with E-state index in [0.717, 1.165) is 6.08 Å². The molecule has 0 aromatic rings. The predicted octanol–water partition coefficient (Wildman–Crippen LogP) is 0.303. The van der Waals surface area contributed by atoms with Crippen molar-refractivity contribution >= 4 is 32.8 Å². The molecule has 0 aromatic carbocycles. The van der Waals surface area contributed by atoms with E-state index in [-0.39, 0.29) is 6.42 Å². The minimum Gasteiger partial charge on any atom is -0.322 e. The Morgan fingerprint density at radius 2 is 1.88 bits per heavy atom. The van der Waals surface area contributed by atoms with Crippen LogP contribution < -0.4 is 5.32 Å². The van der Waals surface area contributed by atoms with Crippen LogP contribution in [0.2, 0.25) is 0 Å². The fourth-order valence-electron chi connectivity index (χ4n) is 1.61. The van der Waals surface area contributed by atoms with E-state index in [0.29, 0.717) is 6.42 Å². The third-order valence-electron chi connectivity index (χ3n) is 2.46. The first-order chi connectivity index (χ1) is 7.64. The lowest BCUT2D eigenvalue weighted by atomic mass is 10.1. The fourth-order valence-corrected chi connectivity index (χ4v) is 4.50. The van der Waals surface area contributed by atoms with Crippen LogP contribution in [0.5, 0.6) is 0 Å². The Morgan fingerprint density at radius 3 is 2.29 bits per heavy atom. The Bertz CT molecular complexity index is 404. The Labute approximate surface area is 103 Å². The smallest absolute Gasteiger partial charge is 0.322 e. The van der Waals surface area contributed by atoms with Crippen molar-refractivity contribution in [3.63, 3.8) is 0 Å². The van der Waals surface area contributed by atoms with Gasteiger partial charge in [0.05, 0.1) is 0 Å². The van der Waals surface area contributed by atoms with Crippen LogP contribution in [-0.2, 0) is 9.13 Å². The van der Waals surface area contributed by atoms with E-state index in [4.69, 9.17) is 0 Å². The molecule has 7 nitrogen and oxygen atoms in total. The van der Waals surface area contributed by atoms with Crippen molar-refractivity contribution in [2.24, 2.45) is 0 Å². The molecule has 0 aliphatic carbocycles. The first kappa shape index (κ1) is 15.1. The lowest BCUT2D eigenvalue weighted by Crippen LogP contribution is -2.50. The highest BCUT2D eigenvalue weighted by atomic mass is 32.1. The van der Waals surface area contributed by atoms with Crippen molar-refractivity contribution in [3.8, 4) is 0 Å². The zero-order chi connectivity index (χ0) is 13.3. The zero-order valence-electron chi connectivity index (χ0n) is 8.63. The first-order valence-corrected chi connectivity index (χ1v) is 8.34. The number of thiocarbonyl (C=S) groups is 1. The van der Waals surface area contributed by atoms with Gasteiger partial charge in [-0.1, -0.05) is 18.3 Å². The van der Waals surface area contributed by atoms with Crippen molar-refractivity contribution < 1.29 is 28.7 Å². The topological polar surface area (TPSA) is 127 Å². The van der Waals surface area contributed by atoms with Gasteiger partial charge in [0.25, 0.3) is 0 Å². The molecule has 1 aliphatic heterocycles. The maximum Gasteiger partial charge on any atom is 0.361 e. The highest BCUT2D eigenvalue weighted by Crippen LogP contribution is 2.68. The predicted molar refractivity (Wildman–Crippen MR) is 65.8 cm³/mol. The molecule has 0 saturated heterocycles. The van der Waals surface area contributed by atoms with Gasteiger partial charge in [-0.25, -0.2) is 0 Å². The Morgan fingerprint density at radius 1 is 1.35 bits per heavy atom. The van der Waals surface area contributed by atoms with Crippen molar-refractivity contribution in [2.75, 3.05) is 0 Å². The molecular weight excluding hydrogens is 288 g/mol. The van der Waals surface area contributed by atoms with Gasteiger partial charge in [0.1, 0.15) is 0 Å². The van der Waals surface area contributed by atoms with Gasteiger partial charge in [-0.3, -0.25) is 14.4 Å². The van der Waals surface area contributed by atoms with Crippen LogP contribution in [0.4, 0.5) is 0 Å². The summed E-state index contributed by atoms with van der Waals surface area (Å²) in [4.78, 5) is 36.7. The molecule has 1 atom stereocenters. The molecule has 0 radical (unpaired) electrons. The molecule has 1 unspecified atom stereocenters. The lowest BCUT2D eigenvalue weighted by molar-refractivity contribution is 0.291. The average Bonchev–Trinajstić information content (AvgIpc) is 2.15. The first-order valence-electron chi connectivity index (χ1n) is 4.64. The van der Waals surface area contributed by atoms with Gasteiger partial charge < -0.3 is 19.6 Å². The minimum atomic E-state index is -5.06. The minimum absolute atomic E-state index is 0.279. The summed E-state index contributed by atoms with van der Waals surface area (Å²) in [5.41, 5.74) is 0. The molecule has 0 fully saturated rings. The van der Waals surface area contributed by atoms with Crippen LogP contribution in [0.1, 0.15) is 12.8 Å². The third-order valence-corrected chi connectivity index (χ3v) is 6.54. The average molecular weight is 301 g/mol. The van der Waals surface area contributed by atoms with Crippen molar-refractivity contribution in [1.29, 1.82) is 0 Å². The molecule has 5 N–H and O–H groups in total. The summed E-state index contributed by atoms with van der Waals surface area (Å²) < 4.78 is 22.7. The number of hydrogen-bond acceptors (Lipinski definition) is 4. The zero-order valence-corrected chi connectivity index (χ0v) is 11.2. The van der Waals surface area contributed by atoms with Gasteiger partial charge in [-0.05, 0) is 24.3 Å². The molecule has 0 spiro atoms. The Kier molecular flexibility index (Phi) is 4.45. The monoisotopic (exact) mass is 301 g/mol. The molecule has 0 saturated carbocycles. The molecule has 0 amide bonds. The van der Waals surface area contributed by atoms with E-state index in [1.165, 1.54) is 11.4 Å². The molecule has 1 aliphatic rings. The second kappa shape index (κ2) is 4.99. The Hall–Kier alpha value is 0.0900. The molecule has 17 heavy (non-hydrogen) atoms. The van der Waals surface area contributed by atoms with E-state index >= 15 is 0 Å². The number of rotatable bonds is 4. The highest BCUT2D eigenvalue weighted by molar-refractivity contribution is 7.79. The van der Waals surface area contributed by atoms with Crippen LogP contribution in [0.25, 0.3) is 0 Å². The van der Waals surface area contributed by atoms with Crippen LogP contribution in [-0.4, -0.2) is 36.0 Å². The van der Waals surface area contributed by atoms with Crippen LogP contribution in [0.15, 0.2) is 12.2 Å². The summed E-state index contributed by atoms with van der Waals surface area (Å²) in [5, 5.41) is 1.05. The number of hydrogen-bond donors (Lipinski definition) is 5. The standard InChI is InChI=1S/C7H13NO6P2S/c9-15(10,11)7(16(12,13)14)4-1-2-6(8-7)3-5-17/h1,4-6,8H,2-3H2,(H2,9,10,11)(H2,12,13,14). The van der Waals surface area contributed by atoms with Gasteiger partial charge in [-0.2, -0.15) is 0 Å². The summed E-state index contributed by atoms with van der Waals surface area (Å²) in [5.74, 6) is 0. The molecule has 10 heteroatoms. The summed E-state index contributed by atoms with van der Waals surface area (Å²) in [6.45, 7) is 0. The van der Waals surface area contributed by atoms with Gasteiger partial charge >= 0.3 is 15.2 Å². The van der Waals surface area contributed by atoms with Gasteiger partial charge in [0.15, 0.2) is 0 Å². The van der Waals surface area contributed by atoms with Crippen LogP contribution >= 0.6 is 27.4 Å². The third kappa shape index (κ3) is 2.92. The van der Waals surface area contributed by atoms with Crippen molar-refractivity contribution in [1.82, 2.24) is 5.32 Å². The largest absolute Gasteiger partial charge is 0.361 e. The van der Waals surface area contributed by atoms with Gasteiger partial charge in [0.2, 0.25) is 5.02 Å².